The number of nitrogens with one attached hydrogen (secondary N) is 2. The Labute approximate surface area is 131 Å². The molecule has 0 fully saturated rings. The molecule has 7 nitrogen and oxygen atoms in total. The number of hydrogen-bond acceptors (Lipinski definition) is 5. The molecule has 118 valence electrons. The maximum Gasteiger partial charge on any atom is 0.344 e. The monoisotopic (exact) mass is 314 g/mol. The van der Waals surface area contributed by atoms with Crippen LogP contribution in [0.3, 0.4) is 0 Å². The van der Waals surface area contributed by atoms with E-state index >= 15 is 0 Å². The van der Waals surface area contributed by atoms with Crippen LogP contribution in [0, 0.1) is 0 Å². The summed E-state index contributed by atoms with van der Waals surface area (Å²) in [5.74, 6) is -1.71. The van der Waals surface area contributed by atoms with Crippen LogP contribution in [0.2, 0.25) is 0 Å². The van der Waals surface area contributed by atoms with Gasteiger partial charge in [0, 0.05) is 11.8 Å². The van der Waals surface area contributed by atoms with Crippen LogP contribution in [0.4, 0.5) is 5.69 Å². The van der Waals surface area contributed by atoms with Crippen LogP contribution in [-0.4, -0.2) is 29.3 Å². The SMILES string of the molecule is CC(=O)c1ccccc1NC(=O)COC(=O)c1ccc[nH]c1=O. The number of ether oxygens (including phenoxy) is 1. The number of aromatic amines is 1. The Hall–Kier alpha value is -3.22. The van der Waals surface area contributed by atoms with Crippen molar-refractivity contribution < 1.29 is 19.1 Å². The van der Waals surface area contributed by atoms with E-state index in [-0.39, 0.29) is 11.3 Å². The van der Waals surface area contributed by atoms with Gasteiger partial charge in [0.05, 0.1) is 5.69 Å². The van der Waals surface area contributed by atoms with Crippen molar-refractivity contribution in [3.63, 3.8) is 0 Å². The molecule has 0 radical (unpaired) electrons. The van der Waals surface area contributed by atoms with E-state index in [2.05, 4.69) is 10.3 Å². The van der Waals surface area contributed by atoms with Crippen LogP contribution in [0.25, 0.3) is 0 Å². The van der Waals surface area contributed by atoms with Gasteiger partial charge in [0.1, 0.15) is 5.56 Å². The molecule has 7 heteroatoms. The highest BCUT2D eigenvalue weighted by Crippen LogP contribution is 2.15. The molecule has 0 saturated carbocycles. The van der Waals surface area contributed by atoms with Crippen LogP contribution in [-0.2, 0) is 9.53 Å². The highest BCUT2D eigenvalue weighted by Gasteiger charge is 2.14. The summed E-state index contributed by atoms with van der Waals surface area (Å²) in [6.07, 6.45) is 1.38. The number of para-hydroxylation sites is 1. The molecule has 1 heterocycles. The summed E-state index contributed by atoms with van der Waals surface area (Å²) in [4.78, 5) is 48.8. The molecule has 0 saturated heterocycles. The van der Waals surface area contributed by atoms with Crippen molar-refractivity contribution in [2.24, 2.45) is 0 Å². The molecule has 0 aliphatic heterocycles. The van der Waals surface area contributed by atoms with E-state index in [0.717, 1.165) is 0 Å². The molecular formula is C16H14N2O5. The highest BCUT2D eigenvalue weighted by molar-refractivity contribution is 6.04. The second-order valence-electron chi connectivity index (χ2n) is 4.64. The van der Waals surface area contributed by atoms with E-state index in [4.69, 9.17) is 4.74 Å². The minimum atomic E-state index is -0.901. The number of pyridine rings is 1. The number of carbonyl (C=O) groups excluding carboxylic acids is 3. The van der Waals surface area contributed by atoms with Gasteiger partial charge in [-0.1, -0.05) is 12.1 Å². The van der Waals surface area contributed by atoms with Crippen LogP contribution in [0.15, 0.2) is 47.4 Å². The highest BCUT2D eigenvalue weighted by atomic mass is 16.5. The number of aromatic nitrogens is 1. The first kappa shape index (κ1) is 16.2. The van der Waals surface area contributed by atoms with Gasteiger partial charge in [0.15, 0.2) is 12.4 Å². The Bertz CT molecular complexity index is 810. The number of Topliss-reactive ketones (excluding diaryl/α,β-unsaturated/α-hetero) is 1. The van der Waals surface area contributed by atoms with Gasteiger partial charge < -0.3 is 15.0 Å². The molecule has 0 unspecified atom stereocenters. The lowest BCUT2D eigenvalue weighted by atomic mass is 10.1. The third-order valence-corrected chi connectivity index (χ3v) is 2.95. The zero-order valence-corrected chi connectivity index (χ0v) is 12.3. The summed E-state index contributed by atoms with van der Waals surface area (Å²) in [5.41, 5.74) is -0.102. The topological polar surface area (TPSA) is 105 Å². The third kappa shape index (κ3) is 4.13. The fraction of sp³-hybridized carbons (Fsp3) is 0.125. The normalized spacial score (nSPS) is 9.96. The molecular weight excluding hydrogens is 300 g/mol. The van der Waals surface area contributed by atoms with Gasteiger partial charge in [0.2, 0.25) is 0 Å². The first-order valence-electron chi connectivity index (χ1n) is 6.73. The van der Waals surface area contributed by atoms with E-state index in [0.29, 0.717) is 11.3 Å². The van der Waals surface area contributed by atoms with Crippen molar-refractivity contribution in [3.8, 4) is 0 Å². The second-order valence-corrected chi connectivity index (χ2v) is 4.64. The van der Waals surface area contributed by atoms with Crippen LogP contribution in [0.1, 0.15) is 27.6 Å². The molecule has 1 aromatic carbocycles. The summed E-state index contributed by atoms with van der Waals surface area (Å²) in [6, 6.07) is 9.25. The van der Waals surface area contributed by atoms with Crippen LogP contribution in [0.5, 0.6) is 0 Å². The standard InChI is InChI=1S/C16H14N2O5/c1-10(19)11-5-2-3-7-13(11)18-14(20)9-23-16(22)12-6-4-8-17-15(12)21/h2-8H,9H2,1H3,(H,17,21)(H,18,20). The number of amides is 1. The fourth-order valence-electron chi connectivity index (χ4n) is 1.88. The number of esters is 1. The van der Waals surface area contributed by atoms with Crippen molar-refractivity contribution in [3.05, 3.63) is 64.1 Å². The molecule has 0 aliphatic rings. The first-order valence-corrected chi connectivity index (χ1v) is 6.73. The summed E-state index contributed by atoms with van der Waals surface area (Å²) in [7, 11) is 0. The number of H-pyrrole nitrogens is 1. The van der Waals surface area contributed by atoms with Gasteiger partial charge in [-0.25, -0.2) is 4.79 Å². The largest absolute Gasteiger partial charge is 0.452 e. The molecule has 2 rings (SSSR count). The molecule has 2 aromatic rings. The number of rotatable bonds is 5. The number of ketones is 1. The van der Waals surface area contributed by atoms with Gasteiger partial charge >= 0.3 is 5.97 Å². The summed E-state index contributed by atoms with van der Waals surface area (Å²) in [6.45, 7) is 0.812. The van der Waals surface area contributed by atoms with E-state index in [1.54, 1.807) is 24.3 Å². The Balaban J connectivity index is 1.99. The first-order chi connectivity index (χ1) is 11.0. The van der Waals surface area contributed by atoms with E-state index in [9.17, 15) is 19.2 Å². The zero-order chi connectivity index (χ0) is 16.8. The minimum Gasteiger partial charge on any atom is -0.452 e. The molecule has 1 aromatic heterocycles. The summed E-state index contributed by atoms with van der Waals surface area (Å²) in [5, 5.41) is 2.49. The molecule has 0 bridgehead atoms. The molecule has 1 amide bonds. The number of hydrogen-bond donors (Lipinski definition) is 2. The van der Waals surface area contributed by atoms with Gasteiger partial charge in [-0.15, -0.1) is 0 Å². The smallest absolute Gasteiger partial charge is 0.344 e. The lowest BCUT2D eigenvalue weighted by Crippen LogP contribution is -2.25. The second kappa shape index (κ2) is 7.17. The molecule has 23 heavy (non-hydrogen) atoms. The number of benzene rings is 1. The lowest BCUT2D eigenvalue weighted by molar-refractivity contribution is -0.119. The van der Waals surface area contributed by atoms with Crippen LogP contribution >= 0.6 is 0 Å². The maximum absolute atomic E-state index is 11.8. The summed E-state index contributed by atoms with van der Waals surface area (Å²) < 4.78 is 4.79. The molecule has 0 spiro atoms. The Morgan fingerprint density at radius 2 is 1.78 bits per heavy atom. The third-order valence-electron chi connectivity index (χ3n) is 2.95. The van der Waals surface area contributed by atoms with E-state index in [1.165, 1.54) is 25.3 Å². The van der Waals surface area contributed by atoms with Crippen molar-refractivity contribution in [1.82, 2.24) is 4.98 Å². The van der Waals surface area contributed by atoms with Gasteiger partial charge in [-0.2, -0.15) is 0 Å². The van der Waals surface area contributed by atoms with Crippen molar-refractivity contribution in [2.45, 2.75) is 6.92 Å². The fourth-order valence-corrected chi connectivity index (χ4v) is 1.88. The van der Waals surface area contributed by atoms with Gasteiger partial charge in [-0.3, -0.25) is 14.4 Å². The van der Waals surface area contributed by atoms with Gasteiger partial charge in [0.25, 0.3) is 11.5 Å². The van der Waals surface area contributed by atoms with Gasteiger partial charge in [-0.05, 0) is 31.2 Å². The molecule has 0 atom stereocenters. The maximum atomic E-state index is 11.8. The van der Waals surface area contributed by atoms with Crippen molar-refractivity contribution in [2.75, 3.05) is 11.9 Å². The van der Waals surface area contributed by atoms with Crippen LogP contribution < -0.4 is 10.9 Å². The number of anilines is 1. The Kier molecular flexibility index (Phi) is 5.03. The zero-order valence-electron chi connectivity index (χ0n) is 12.3. The average Bonchev–Trinajstić information content (AvgIpc) is 2.53. The minimum absolute atomic E-state index is 0.190. The average molecular weight is 314 g/mol. The predicted molar refractivity (Wildman–Crippen MR) is 82.4 cm³/mol. The molecule has 0 aliphatic carbocycles. The quantitative estimate of drug-likeness (QED) is 0.640. The van der Waals surface area contributed by atoms with Crippen molar-refractivity contribution in [1.29, 1.82) is 0 Å². The molecule has 2 N–H and O–H groups in total. The number of carbonyl (C=O) groups is 3. The van der Waals surface area contributed by atoms with Crippen molar-refractivity contribution >= 4 is 23.3 Å². The summed E-state index contributed by atoms with van der Waals surface area (Å²) >= 11 is 0. The van der Waals surface area contributed by atoms with E-state index in [1.807, 2.05) is 0 Å². The predicted octanol–water partition coefficient (Wildman–Crippen LogP) is 1.37. The lowest BCUT2D eigenvalue weighted by Gasteiger charge is -2.09. The Morgan fingerprint density at radius 1 is 1.09 bits per heavy atom. The van der Waals surface area contributed by atoms with E-state index < -0.39 is 24.0 Å². The Morgan fingerprint density at radius 3 is 2.48 bits per heavy atom.